The molecule has 3 nitrogen and oxygen atoms in total. The lowest BCUT2D eigenvalue weighted by atomic mass is 10.1. The molecule has 3 heteroatoms. The van der Waals surface area contributed by atoms with Gasteiger partial charge >= 0.3 is 0 Å². The van der Waals surface area contributed by atoms with Gasteiger partial charge in [-0.2, -0.15) is 5.26 Å². The molecule has 0 bridgehead atoms. The van der Waals surface area contributed by atoms with Crippen LogP contribution in [0.1, 0.15) is 16.7 Å². The molecule has 2 aromatic rings. The molecular formula is C14H12N2O. The van der Waals surface area contributed by atoms with Crippen LogP contribution in [0.5, 0.6) is 0 Å². The van der Waals surface area contributed by atoms with Crippen molar-refractivity contribution in [3.8, 4) is 6.07 Å². The van der Waals surface area contributed by atoms with E-state index < -0.39 is 0 Å². The minimum Gasteiger partial charge on any atom is -0.310 e. The van der Waals surface area contributed by atoms with E-state index in [4.69, 9.17) is 5.26 Å². The summed E-state index contributed by atoms with van der Waals surface area (Å²) in [6.45, 7) is 2.51. The van der Waals surface area contributed by atoms with Crippen molar-refractivity contribution >= 4 is 0 Å². The molecule has 1 aromatic heterocycles. The van der Waals surface area contributed by atoms with Gasteiger partial charge in [0.15, 0.2) is 0 Å². The number of hydrogen-bond acceptors (Lipinski definition) is 2. The highest BCUT2D eigenvalue weighted by molar-refractivity contribution is 5.26. The Morgan fingerprint density at radius 2 is 1.94 bits per heavy atom. The predicted molar refractivity (Wildman–Crippen MR) is 65.7 cm³/mol. The summed E-state index contributed by atoms with van der Waals surface area (Å²) >= 11 is 0. The van der Waals surface area contributed by atoms with E-state index in [0.29, 0.717) is 6.54 Å². The Balaban J connectivity index is 2.34. The number of aryl methyl sites for hydroxylation is 1. The second kappa shape index (κ2) is 4.67. The van der Waals surface area contributed by atoms with Crippen molar-refractivity contribution in [3.05, 3.63) is 69.6 Å². The second-order valence-corrected chi connectivity index (χ2v) is 3.95. The Labute approximate surface area is 99.6 Å². The third kappa shape index (κ3) is 2.43. The third-order valence-corrected chi connectivity index (χ3v) is 2.61. The van der Waals surface area contributed by atoms with Gasteiger partial charge in [0.05, 0.1) is 6.54 Å². The molecule has 84 valence electrons. The normalized spacial score (nSPS) is 9.88. The highest BCUT2D eigenvalue weighted by Gasteiger charge is 2.02. The first-order chi connectivity index (χ1) is 8.20. The molecule has 0 aliphatic heterocycles. The largest absolute Gasteiger partial charge is 0.310 e. The molecule has 0 saturated carbocycles. The van der Waals surface area contributed by atoms with Crippen LogP contribution in [0.15, 0.2) is 47.4 Å². The quantitative estimate of drug-likeness (QED) is 0.784. The van der Waals surface area contributed by atoms with Crippen LogP contribution >= 0.6 is 0 Å². The van der Waals surface area contributed by atoms with Gasteiger partial charge in [-0.3, -0.25) is 4.79 Å². The van der Waals surface area contributed by atoms with Gasteiger partial charge in [0, 0.05) is 6.20 Å². The average molecular weight is 224 g/mol. The van der Waals surface area contributed by atoms with Crippen molar-refractivity contribution < 1.29 is 0 Å². The lowest BCUT2D eigenvalue weighted by Crippen LogP contribution is -2.22. The molecule has 0 aliphatic carbocycles. The molecule has 0 saturated heterocycles. The average Bonchev–Trinajstić information content (AvgIpc) is 2.35. The molecule has 0 N–H and O–H groups in total. The number of rotatable bonds is 2. The van der Waals surface area contributed by atoms with Gasteiger partial charge in [-0.05, 0) is 24.6 Å². The Bertz CT molecular complexity index is 618. The molecule has 1 aromatic carbocycles. The zero-order valence-electron chi connectivity index (χ0n) is 9.55. The molecule has 17 heavy (non-hydrogen) atoms. The van der Waals surface area contributed by atoms with Crippen LogP contribution in [-0.4, -0.2) is 4.57 Å². The Hall–Kier alpha value is -2.34. The van der Waals surface area contributed by atoms with Crippen LogP contribution in [0.25, 0.3) is 0 Å². The molecule has 0 radical (unpaired) electrons. The van der Waals surface area contributed by atoms with Crippen LogP contribution in [0, 0.1) is 18.3 Å². The SMILES string of the molecule is Cc1ccc(Cn2cccc(C#N)c2=O)cc1. The van der Waals surface area contributed by atoms with Gasteiger partial charge in [-0.15, -0.1) is 0 Å². The van der Waals surface area contributed by atoms with Gasteiger partial charge in [-0.25, -0.2) is 0 Å². The summed E-state index contributed by atoms with van der Waals surface area (Å²) in [5.41, 5.74) is 2.18. The fourth-order valence-corrected chi connectivity index (χ4v) is 1.64. The van der Waals surface area contributed by atoms with E-state index in [1.165, 1.54) is 11.6 Å². The number of aromatic nitrogens is 1. The van der Waals surface area contributed by atoms with E-state index in [9.17, 15) is 4.79 Å². The monoisotopic (exact) mass is 224 g/mol. The summed E-state index contributed by atoms with van der Waals surface area (Å²) in [5.74, 6) is 0. The van der Waals surface area contributed by atoms with Gasteiger partial charge in [0.25, 0.3) is 5.56 Å². The molecule has 2 rings (SSSR count). The van der Waals surface area contributed by atoms with E-state index in [1.54, 1.807) is 16.8 Å². The fraction of sp³-hybridized carbons (Fsp3) is 0.143. The van der Waals surface area contributed by atoms with Gasteiger partial charge in [0.1, 0.15) is 11.6 Å². The molecule has 0 amide bonds. The van der Waals surface area contributed by atoms with Crippen LogP contribution in [0.4, 0.5) is 0 Å². The lowest BCUT2D eigenvalue weighted by molar-refractivity contribution is 0.756. The zero-order valence-corrected chi connectivity index (χ0v) is 9.55. The Morgan fingerprint density at radius 3 is 2.59 bits per heavy atom. The first-order valence-electron chi connectivity index (χ1n) is 5.36. The summed E-state index contributed by atoms with van der Waals surface area (Å²) in [7, 11) is 0. The number of nitrogens with zero attached hydrogens (tertiary/aromatic N) is 2. The highest BCUT2D eigenvalue weighted by Crippen LogP contribution is 2.04. The predicted octanol–water partition coefficient (Wildman–Crippen LogP) is 2.08. The van der Waals surface area contributed by atoms with Crippen molar-refractivity contribution in [1.82, 2.24) is 4.57 Å². The summed E-state index contributed by atoms with van der Waals surface area (Å²) in [5, 5.41) is 8.78. The first-order valence-corrected chi connectivity index (χ1v) is 5.36. The van der Waals surface area contributed by atoms with Crippen LogP contribution in [0.2, 0.25) is 0 Å². The second-order valence-electron chi connectivity index (χ2n) is 3.95. The van der Waals surface area contributed by atoms with E-state index in [2.05, 4.69) is 0 Å². The topological polar surface area (TPSA) is 45.8 Å². The summed E-state index contributed by atoms with van der Waals surface area (Å²) in [6, 6.07) is 13.1. The molecule has 0 unspecified atom stereocenters. The van der Waals surface area contributed by atoms with Crippen LogP contribution in [0.3, 0.4) is 0 Å². The minimum absolute atomic E-state index is 0.180. The Kier molecular flexibility index (Phi) is 3.06. The third-order valence-electron chi connectivity index (χ3n) is 2.61. The minimum atomic E-state index is -0.240. The maximum atomic E-state index is 11.8. The smallest absolute Gasteiger partial charge is 0.268 e. The number of benzene rings is 1. The highest BCUT2D eigenvalue weighted by atomic mass is 16.1. The van der Waals surface area contributed by atoms with Crippen LogP contribution in [-0.2, 0) is 6.54 Å². The summed E-state index contributed by atoms with van der Waals surface area (Å²) in [6.07, 6.45) is 1.70. The van der Waals surface area contributed by atoms with Crippen molar-refractivity contribution in [3.63, 3.8) is 0 Å². The van der Waals surface area contributed by atoms with Crippen molar-refractivity contribution in [2.24, 2.45) is 0 Å². The summed E-state index contributed by atoms with van der Waals surface area (Å²) < 4.78 is 1.54. The van der Waals surface area contributed by atoms with E-state index >= 15 is 0 Å². The lowest BCUT2D eigenvalue weighted by Gasteiger charge is -2.06. The van der Waals surface area contributed by atoms with Crippen molar-refractivity contribution in [2.45, 2.75) is 13.5 Å². The molecular weight excluding hydrogens is 212 g/mol. The summed E-state index contributed by atoms with van der Waals surface area (Å²) in [4.78, 5) is 11.8. The Morgan fingerprint density at radius 1 is 1.24 bits per heavy atom. The van der Waals surface area contributed by atoms with E-state index in [-0.39, 0.29) is 11.1 Å². The van der Waals surface area contributed by atoms with Crippen molar-refractivity contribution in [2.75, 3.05) is 0 Å². The van der Waals surface area contributed by atoms with Gasteiger partial charge in [0.2, 0.25) is 0 Å². The maximum absolute atomic E-state index is 11.8. The number of nitriles is 1. The number of hydrogen-bond donors (Lipinski definition) is 0. The van der Waals surface area contributed by atoms with Gasteiger partial charge < -0.3 is 4.57 Å². The van der Waals surface area contributed by atoms with E-state index in [0.717, 1.165) is 5.56 Å². The molecule has 0 aliphatic rings. The van der Waals surface area contributed by atoms with E-state index in [1.807, 2.05) is 37.3 Å². The standard InChI is InChI=1S/C14H12N2O/c1-11-4-6-12(7-5-11)10-16-8-2-3-13(9-15)14(16)17/h2-8H,10H2,1H3. The molecule has 1 heterocycles. The molecule has 0 atom stereocenters. The maximum Gasteiger partial charge on any atom is 0.268 e. The van der Waals surface area contributed by atoms with Crippen molar-refractivity contribution in [1.29, 1.82) is 5.26 Å². The molecule has 0 spiro atoms. The zero-order chi connectivity index (χ0) is 12.3. The molecule has 0 fully saturated rings. The van der Waals surface area contributed by atoms with Crippen LogP contribution < -0.4 is 5.56 Å². The number of pyridine rings is 1. The first kappa shape index (κ1) is 11.2. The van der Waals surface area contributed by atoms with Gasteiger partial charge in [-0.1, -0.05) is 29.8 Å². The fourth-order valence-electron chi connectivity index (χ4n) is 1.64.